The average Bonchev–Trinajstić information content (AvgIpc) is 2.55. The van der Waals surface area contributed by atoms with Crippen molar-refractivity contribution >= 4 is 29.2 Å². The van der Waals surface area contributed by atoms with Crippen LogP contribution in [-0.4, -0.2) is 26.3 Å². The molecule has 0 aliphatic carbocycles. The maximum absolute atomic E-state index is 11.2. The molecule has 23 heavy (non-hydrogen) atoms. The van der Waals surface area contributed by atoms with E-state index >= 15 is 0 Å². The standard InChI is InChI=1S/C17H16Cl2O4/c1-21-16(20)11-12-5-7-13(8-6-12)22-9-10-23-17-14(18)3-2-4-15(17)19/h2-8H,9-11H2,1H3. The van der Waals surface area contributed by atoms with Crippen molar-refractivity contribution in [3.05, 3.63) is 58.1 Å². The topological polar surface area (TPSA) is 44.8 Å². The van der Waals surface area contributed by atoms with E-state index in [2.05, 4.69) is 4.74 Å². The van der Waals surface area contributed by atoms with Crippen molar-refractivity contribution in [3.63, 3.8) is 0 Å². The van der Waals surface area contributed by atoms with Gasteiger partial charge in [-0.25, -0.2) is 0 Å². The molecule has 0 saturated heterocycles. The summed E-state index contributed by atoms with van der Waals surface area (Å²) in [5, 5.41) is 0.925. The van der Waals surface area contributed by atoms with Crippen LogP contribution in [0.1, 0.15) is 5.56 Å². The molecule has 0 aliphatic rings. The number of hydrogen-bond donors (Lipinski definition) is 0. The summed E-state index contributed by atoms with van der Waals surface area (Å²) in [6.45, 7) is 0.658. The molecule has 0 fully saturated rings. The predicted molar refractivity (Wildman–Crippen MR) is 89.6 cm³/mol. The molecule has 6 heteroatoms. The van der Waals surface area contributed by atoms with E-state index in [1.807, 2.05) is 12.1 Å². The Balaban J connectivity index is 1.79. The van der Waals surface area contributed by atoms with Crippen molar-refractivity contribution in [2.45, 2.75) is 6.42 Å². The summed E-state index contributed by atoms with van der Waals surface area (Å²) in [6, 6.07) is 12.4. The van der Waals surface area contributed by atoms with Crippen LogP contribution in [0.2, 0.25) is 10.0 Å². The van der Waals surface area contributed by atoms with Gasteiger partial charge in [-0.15, -0.1) is 0 Å². The van der Waals surface area contributed by atoms with Crippen LogP contribution in [0.25, 0.3) is 0 Å². The van der Waals surface area contributed by atoms with E-state index in [0.29, 0.717) is 34.8 Å². The quantitative estimate of drug-likeness (QED) is 0.553. The van der Waals surface area contributed by atoms with Gasteiger partial charge in [0.05, 0.1) is 23.6 Å². The molecule has 0 saturated carbocycles. The molecule has 0 amide bonds. The first-order valence-electron chi connectivity index (χ1n) is 6.95. The van der Waals surface area contributed by atoms with E-state index in [-0.39, 0.29) is 12.4 Å². The monoisotopic (exact) mass is 354 g/mol. The van der Waals surface area contributed by atoms with Crippen molar-refractivity contribution in [3.8, 4) is 11.5 Å². The Morgan fingerprint density at radius 1 is 0.957 bits per heavy atom. The van der Waals surface area contributed by atoms with Crippen molar-refractivity contribution in [1.29, 1.82) is 0 Å². The SMILES string of the molecule is COC(=O)Cc1ccc(OCCOc2c(Cl)cccc2Cl)cc1. The highest BCUT2D eigenvalue weighted by molar-refractivity contribution is 6.37. The Morgan fingerprint density at radius 3 is 2.17 bits per heavy atom. The summed E-state index contributed by atoms with van der Waals surface area (Å²) in [5.74, 6) is 0.865. The lowest BCUT2D eigenvalue weighted by atomic mass is 10.1. The molecule has 122 valence electrons. The summed E-state index contributed by atoms with van der Waals surface area (Å²) in [6.07, 6.45) is 0.241. The third-order valence-electron chi connectivity index (χ3n) is 3.02. The fourth-order valence-corrected chi connectivity index (χ4v) is 2.37. The van der Waals surface area contributed by atoms with Crippen LogP contribution in [0.5, 0.6) is 11.5 Å². The van der Waals surface area contributed by atoms with Gasteiger partial charge in [0.1, 0.15) is 19.0 Å². The van der Waals surface area contributed by atoms with Crippen LogP contribution in [0, 0.1) is 0 Å². The van der Waals surface area contributed by atoms with E-state index < -0.39 is 0 Å². The summed E-state index contributed by atoms with van der Waals surface area (Å²) in [5.41, 5.74) is 0.864. The average molecular weight is 355 g/mol. The van der Waals surface area contributed by atoms with Gasteiger partial charge < -0.3 is 14.2 Å². The molecule has 0 radical (unpaired) electrons. The van der Waals surface area contributed by atoms with E-state index in [1.54, 1.807) is 30.3 Å². The Morgan fingerprint density at radius 2 is 1.57 bits per heavy atom. The highest BCUT2D eigenvalue weighted by atomic mass is 35.5. The first-order valence-corrected chi connectivity index (χ1v) is 7.71. The molecule has 0 heterocycles. The fourth-order valence-electron chi connectivity index (χ4n) is 1.87. The van der Waals surface area contributed by atoms with Crippen LogP contribution in [0.3, 0.4) is 0 Å². The Kier molecular flexibility index (Phi) is 6.56. The molecule has 0 N–H and O–H groups in total. The highest BCUT2D eigenvalue weighted by Crippen LogP contribution is 2.32. The van der Waals surface area contributed by atoms with Gasteiger partial charge >= 0.3 is 5.97 Å². The van der Waals surface area contributed by atoms with Crippen LogP contribution >= 0.6 is 23.2 Å². The fraction of sp³-hybridized carbons (Fsp3) is 0.235. The van der Waals surface area contributed by atoms with E-state index in [0.717, 1.165) is 5.56 Å². The normalized spacial score (nSPS) is 10.2. The molecule has 0 aromatic heterocycles. The maximum Gasteiger partial charge on any atom is 0.309 e. The maximum atomic E-state index is 11.2. The van der Waals surface area contributed by atoms with Gasteiger partial charge in [0.15, 0.2) is 5.75 Å². The number of ether oxygens (including phenoxy) is 3. The number of methoxy groups -OCH3 is 1. The number of hydrogen-bond acceptors (Lipinski definition) is 4. The van der Waals surface area contributed by atoms with Crippen molar-refractivity contribution in [2.75, 3.05) is 20.3 Å². The number of rotatable bonds is 7. The molecular weight excluding hydrogens is 339 g/mol. The molecule has 0 spiro atoms. The van der Waals surface area contributed by atoms with E-state index in [9.17, 15) is 4.79 Å². The third kappa shape index (κ3) is 5.34. The predicted octanol–water partition coefficient (Wildman–Crippen LogP) is 4.17. The van der Waals surface area contributed by atoms with Gasteiger partial charge in [-0.1, -0.05) is 41.4 Å². The first kappa shape index (κ1) is 17.4. The lowest BCUT2D eigenvalue weighted by Crippen LogP contribution is -2.09. The summed E-state index contributed by atoms with van der Waals surface area (Å²) < 4.78 is 15.7. The number of halogens is 2. The zero-order valence-corrected chi connectivity index (χ0v) is 14.1. The van der Waals surface area contributed by atoms with Gasteiger partial charge in [-0.05, 0) is 29.8 Å². The minimum atomic E-state index is -0.274. The van der Waals surface area contributed by atoms with Gasteiger partial charge in [0.25, 0.3) is 0 Å². The van der Waals surface area contributed by atoms with Crippen molar-refractivity contribution in [2.24, 2.45) is 0 Å². The summed E-state index contributed by atoms with van der Waals surface area (Å²) in [7, 11) is 1.37. The molecule has 0 bridgehead atoms. The number of para-hydroxylation sites is 1. The van der Waals surface area contributed by atoms with Crippen LogP contribution in [0.15, 0.2) is 42.5 Å². The number of benzene rings is 2. The summed E-state index contributed by atoms with van der Waals surface area (Å²) in [4.78, 5) is 11.2. The Hall–Kier alpha value is -1.91. The van der Waals surface area contributed by atoms with Crippen LogP contribution in [-0.2, 0) is 16.0 Å². The number of carbonyl (C=O) groups excluding carboxylic acids is 1. The number of esters is 1. The zero-order valence-electron chi connectivity index (χ0n) is 12.6. The minimum absolute atomic E-state index is 0.241. The first-order chi connectivity index (χ1) is 11.1. The third-order valence-corrected chi connectivity index (χ3v) is 3.61. The minimum Gasteiger partial charge on any atom is -0.490 e. The second kappa shape index (κ2) is 8.65. The number of carbonyl (C=O) groups is 1. The zero-order chi connectivity index (χ0) is 16.7. The second-order valence-corrected chi connectivity index (χ2v) is 5.46. The molecule has 0 atom stereocenters. The molecular formula is C17H16Cl2O4. The highest BCUT2D eigenvalue weighted by Gasteiger charge is 2.06. The molecule has 2 aromatic rings. The van der Waals surface area contributed by atoms with E-state index in [1.165, 1.54) is 7.11 Å². The molecule has 0 aliphatic heterocycles. The van der Waals surface area contributed by atoms with Crippen molar-refractivity contribution < 1.29 is 19.0 Å². The molecule has 4 nitrogen and oxygen atoms in total. The van der Waals surface area contributed by atoms with Crippen molar-refractivity contribution in [1.82, 2.24) is 0 Å². The lowest BCUT2D eigenvalue weighted by Gasteiger charge is -2.11. The largest absolute Gasteiger partial charge is 0.490 e. The van der Waals surface area contributed by atoms with Gasteiger partial charge in [0, 0.05) is 0 Å². The Bertz CT molecular complexity index is 636. The van der Waals surface area contributed by atoms with Gasteiger partial charge in [-0.3, -0.25) is 4.79 Å². The molecule has 2 aromatic carbocycles. The lowest BCUT2D eigenvalue weighted by molar-refractivity contribution is -0.139. The van der Waals surface area contributed by atoms with Crippen LogP contribution in [0.4, 0.5) is 0 Å². The second-order valence-electron chi connectivity index (χ2n) is 4.64. The Labute approximate surface area is 144 Å². The summed E-state index contributed by atoms with van der Waals surface area (Å²) >= 11 is 12.0. The van der Waals surface area contributed by atoms with E-state index in [4.69, 9.17) is 32.7 Å². The smallest absolute Gasteiger partial charge is 0.309 e. The van der Waals surface area contributed by atoms with Gasteiger partial charge in [-0.2, -0.15) is 0 Å². The molecule has 2 rings (SSSR count). The molecule has 0 unspecified atom stereocenters. The van der Waals surface area contributed by atoms with Crippen LogP contribution < -0.4 is 9.47 Å². The van der Waals surface area contributed by atoms with Gasteiger partial charge in [0.2, 0.25) is 0 Å².